The first-order chi connectivity index (χ1) is 10.1. The molecule has 7 nitrogen and oxygen atoms in total. The lowest BCUT2D eigenvalue weighted by Crippen LogP contribution is -2.49. The van der Waals surface area contributed by atoms with Gasteiger partial charge in [0, 0.05) is 18.4 Å². The summed E-state index contributed by atoms with van der Waals surface area (Å²) in [5, 5.41) is 11.9. The first kappa shape index (κ1) is 13.0. The SMILES string of the molecule is O=C1CCN(c2cccc3nc(C(=O)O)ccc23)C(=O)N1. The molecule has 7 heteroatoms. The molecule has 1 aliphatic heterocycles. The summed E-state index contributed by atoms with van der Waals surface area (Å²) in [5.74, 6) is -1.41. The molecule has 1 saturated heterocycles. The Balaban J connectivity index is 2.09. The number of nitrogens with zero attached hydrogens (tertiary/aromatic N) is 2. The Morgan fingerprint density at radius 3 is 2.76 bits per heavy atom. The molecule has 0 bridgehead atoms. The average molecular weight is 285 g/mol. The van der Waals surface area contributed by atoms with Gasteiger partial charge in [0.15, 0.2) is 0 Å². The summed E-state index contributed by atoms with van der Waals surface area (Å²) >= 11 is 0. The minimum atomic E-state index is -1.11. The maximum absolute atomic E-state index is 11.9. The number of amides is 3. The predicted octanol–water partition coefficient (Wildman–Crippen LogP) is 1.38. The zero-order valence-corrected chi connectivity index (χ0v) is 10.9. The zero-order chi connectivity index (χ0) is 15.0. The molecule has 106 valence electrons. The second-order valence-corrected chi connectivity index (χ2v) is 4.60. The minimum Gasteiger partial charge on any atom is -0.477 e. The lowest BCUT2D eigenvalue weighted by Gasteiger charge is -2.27. The first-order valence-corrected chi connectivity index (χ1v) is 6.30. The van der Waals surface area contributed by atoms with Gasteiger partial charge in [-0.1, -0.05) is 6.07 Å². The van der Waals surface area contributed by atoms with Gasteiger partial charge in [-0.3, -0.25) is 15.0 Å². The Kier molecular flexibility index (Phi) is 3.02. The quantitative estimate of drug-likeness (QED) is 0.868. The van der Waals surface area contributed by atoms with E-state index in [0.29, 0.717) is 16.6 Å². The topological polar surface area (TPSA) is 99.6 Å². The third kappa shape index (κ3) is 2.29. The normalized spacial score (nSPS) is 15.1. The standard InChI is InChI=1S/C14H11N3O4/c18-12-6-7-17(14(21)16-12)11-3-1-2-9-8(11)4-5-10(15-9)13(19)20/h1-5H,6-7H2,(H,19,20)(H,16,18,21). The highest BCUT2D eigenvalue weighted by molar-refractivity contribution is 6.09. The van der Waals surface area contributed by atoms with Gasteiger partial charge >= 0.3 is 12.0 Å². The number of anilines is 1. The third-order valence-corrected chi connectivity index (χ3v) is 3.27. The van der Waals surface area contributed by atoms with Crippen molar-refractivity contribution in [3.05, 3.63) is 36.0 Å². The van der Waals surface area contributed by atoms with Crippen LogP contribution in [0, 0.1) is 0 Å². The lowest BCUT2D eigenvalue weighted by molar-refractivity contribution is -0.120. The fourth-order valence-corrected chi connectivity index (χ4v) is 2.29. The maximum atomic E-state index is 11.9. The van der Waals surface area contributed by atoms with E-state index >= 15 is 0 Å². The van der Waals surface area contributed by atoms with Crippen molar-refractivity contribution in [2.24, 2.45) is 0 Å². The van der Waals surface area contributed by atoms with Crippen molar-refractivity contribution < 1.29 is 19.5 Å². The molecule has 3 rings (SSSR count). The van der Waals surface area contributed by atoms with Crippen molar-refractivity contribution in [2.75, 3.05) is 11.4 Å². The molecule has 2 N–H and O–H groups in total. The lowest BCUT2D eigenvalue weighted by atomic mass is 10.1. The van der Waals surface area contributed by atoms with E-state index in [1.807, 2.05) is 0 Å². The van der Waals surface area contributed by atoms with Gasteiger partial charge in [-0.25, -0.2) is 14.6 Å². The summed E-state index contributed by atoms with van der Waals surface area (Å²) in [6.07, 6.45) is 0.225. The molecule has 2 aromatic rings. The number of aromatic carboxylic acids is 1. The monoisotopic (exact) mass is 285 g/mol. The van der Waals surface area contributed by atoms with Crippen LogP contribution in [-0.2, 0) is 4.79 Å². The smallest absolute Gasteiger partial charge is 0.354 e. The molecule has 0 unspecified atom stereocenters. The molecule has 0 saturated carbocycles. The van der Waals surface area contributed by atoms with Gasteiger partial charge in [0.1, 0.15) is 5.69 Å². The number of benzene rings is 1. The largest absolute Gasteiger partial charge is 0.477 e. The van der Waals surface area contributed by atoms with Crippen molar-refractivity contribution in [1.29, 1.82) is 0 Å². The molecular weight excluding hydrogens is 274 g/mol. The Labute approximate surface area is 119 Å². The van der Waals surface area contributed by atoms with Crippen LogP contribution in [0.25, 0.3) is 10.9 Å². The number of urea groups is 1. The number of pyridine rings is 1. The van der Waals surface area contributed by atoms with Gasteiger partial charge < -0.3 is 5.11 Å². The highest BCUT2D eigenvalue weighted by Gasteiger charge is 2.25. The number of nitrogens with one attached hydrogen (secondary N) is 1. The van der Waals surface area contributed by atoms with Crippen LogP contribution in [0.2, 0.25) is 0 Å². The molecule has 3 amide bonds. The Bertz CT molecular complexity index is 772. The Hall–Kier alpha value is -2.96. The summed E-state index contributed by atoms with van der Waals surface area (Å²) < 4.78 is 0. The van der Waals surface area contributed by atoms with Gasteiger partial charge in [0.25, 0.3) is 0 Å². The number of imide groups is 1. The molecule has 0 spiro atoms. The van der Waals surface area contributed by atoms with Crippen LogP contribution >= 0.6 is 0 Å². The fourth-order valence-electron chi connectivity index (χ4n) is 2.29. The Morgan fingerprint density at radius 1 is 1.24 bits per heavy atom. The van der Waals surface area contributed by atoms with Crippen LogP contribution in [0.1, 0.15) is 16.9 Å². The van der Waals surface area contributed by atoms with Crippen molar-refractivity contribution in [3.8, 4) is 0 Å². The number of rotatable bonds is 2. The van der Waals surface area contributed by atoms with E-state index in [4.69, 9.17) is 5.11 Å². The molecular formula is C14H11N3O4. The molecule has 21 heavy (non-hydrogen) atoms. The summed E-state index contributed by atoms with van der Waals surface area (Å²) in [5.41, 5.74) is 1.02. The van der Waals surface area contributed by atoms with Gasteiger partial charge in [0.05, 0.1) is 11.2 Å². The van der Waals surface area contributed by atoms with E-state index < -0.39 is 12.0 Å². The van der Waals surface area contributed by atoms with Crippen LogP contribution in [0.3, 0.4) is 0 Å². The first-order valence-electron chi connectivity index (χ1n) is 6.30. The van der Waals surface area contributed by atoms with E-state index in [1.54, 1.807) is 24.3 Å². The van der Waals surface area contributed by atoms with Crippen molar-refractivity contribution in [3.63, 3.8) is 0 Å². The Morgan fingerprint density at radius 2 is 2.05 bits per heavy atom. The van der Waals surface area contributed by atoms with E-state index in [-0.39, 0.29) is 24.6 Å². The van der Waals surface area contributed by atoms with E-state index in [0.717, 1.165) is 0 Å². The summed E-state index contributed by atoms with van der Waals surface area (Å²) in [6.45, 7) is 0.282. The number of carbonyl (C=O) groups excluding carboxylic acids is 2. The maximum Gasteiger partial charge on any atom is 0.354 e. The summed E-state index contributed by atoms with van der Waals surface area (Å²) in [4.78, 5) is 39.5. The zero-order valence-electron chi connectivity index (χ0n) is 10.9. The van der Waals surface area contributed by atoms with Crippen molar-refractivity contribution in [2.45, 2.75) is 6.42 Å². The number of hydrogen-bond acceptors (Lipinski definition) is 4. The van der Waals surface area contributed by atoms with Crippen LogP contribution in [-0.4, -0.2) is 34.5 Å². The minimum absolute atomic E-state index is 0.0575. The number of aromatic nitrogens is 1. The summed E-state index contributed by atoms with van der Waals surface area (Å²) in [6, 6.07) is 7.63. The second-order valence-electron chi connectivity index (χ2n) is 4.60. The average Bonchev–Trinajstić information content (AvgIpc) is 2.46. The van der Waals surface area contributed by atoms with E-state index in [1.165, 1.54) is 11.0 Å². The van der Waals surface area contributed by atoms with Crippen LogP contribution < -0.4 is 10.2 Å². The highest BCUT2D eigenvalue weighted by atomic mass is 16.4. The second kappa shape index (κ2) is 4.86. The van der Waals surface area contributed by atoms with Gasteiger partial charge in [-0.2, -0.15) is 0 Å². The van der Waals surface area contributed by atoms with Crippen LogP contribution in [0.5, 0.6) is 0 Å². The van der Waals surface area contributed by atoms with Crippen LogP contribution in [0.4, 0.5) is 10.5 Å². The molecule has 1 aromatic carbocycles. The van der Waals surface area contributed by atoms with Gasteiger partial charge in [0.2, 0.25) is 5.91 Å². The summed E-state index contributed by atoms with van der Waals surface area (Å²) in [7, 11) is 0. The van der Waals surface area contributed by atoms with E-state index in [9.17, 15) is 14.4 Å². The van der Waals surface area contributed by atoms with Gasteiger partial charge in [-0.15, -0.1) is 0 Å². The molecule has 1 fully saturated rings. The third-order valence-electron chi connectivity index (χ3n) is 3.27. The number of hydrogen-bond donors (Lipinski definition) is 2. The molecule has 1 aromatic heterocycles. The molecule has 1 aliphatic rings. The molecule has 0 atom stereocenters. The number of carboxylic acid groups (broad SMARTS) is 1. The highest BCUT2D eigenvalue weighted by Crippen LogP contribution is 2.27. The number of carbonyl (C=O) groups is 3. The molecule has 0 aliphatic carbocycles. The van der Waals surface area contributed by atoms with Crippen molar-refractivity contribution >= 4 is 34.5 Å². The van der Waals surface area contributed by atoms with E-state index in [2.05, 4.69) is 10.3 Å². The number of fused-ring (bicyclic) bond motifs is 1. The van der Waals surface area contributed by atoms with Crippen molar-refractivity contribution in [1.82, 2.24) is 10.3 Å². The van der Waals surface area contributed by atoms with Crippen LogP contribution in [0.15, 0.2) is 30.3 Å². The van der Waals surface area contributed by atoms with Gasteiger partial charge in [-0.05, 0) is 24.3 Å². The fraction of sp³-hybridized carbons (Fsp3) is 0.143. The molecule has 2 heterocycles. The number of carboxylic acids is 1. The predicted molar refractivity (Wildman–Crippen MR) is 74.2 cm³/mol. The molecule has 0 radical (unpaired) electrons.